The number of carboxylic acids is 1. The van der Waals surface area contributed by atoms with Gasteiger partial charge in [0.15, 0.2) is 0 Å². The van der Waals surface area contributed by atoms with Crippen molar-refractivity contribution in [3.05, 3.63) is 75.5 Å². The Morgan fingerprint density at radius 2 is 1.87 bits per heavy atom. The number of hydrogen-bond donors (Lipinski definition) is 2. The van der Waals surface area contributed by atoms with Crippen LogP contribution in [0.3, 0.4) is 0 Å². The highest BCUT2D eigenvalue weighted by Gasteiger charge is 2.21. The predicted molar refractivity (Wildman–Crippen MR) is 118 cm³/mol. The second kappa shape index (κ2) is 8.89. The highest BCUT2D eigenvalue weighted by molar-refractivity contribution is 7.92. The zero-order chi connectivity index (χ0) is 21.9. The maximum Gasteiger partial charge on any atom is 0.345 e. The summed E-state index contributed by atoms with van der Waals surface area (Å²) in [5.41, 5.74) is 1.97. The van der Waals surface area contributed by atoms with Crippen LogP contribution in [0.1, 0.15) is 45.4 Å². The van der Waals surface area contributed by atoms with Gasteiger partial charge in [-0.05, 0) is 54.3 Å². The molecular weight excluding hydrogens is 422 g/mol. The monoisotopic (exact) mass is 445 g/mol. The van der Waals surface area contributed by atoms with E-state index in [1.807, 2.05) is 32.9 Å². The highest BCUT2D eigenvalue weighted by atomic mass is 32.2. The third-order valence-corrected chi connectivity index (χ3v) is 6.94. The van der Waals surface area contributed by atoms with E-state index in [4.69, 9.17) is 9.84 Å². The second-order valence-corrected chi connectivity index (χ2v) is 9.98. The van der Waals surface area contributed by atoms with Crippen LogP contribution in [0.15, 0.2) is 59.5 Å². The van der Waals surface area contributed by atoms with Crippen LogP contribution in [-0.4, -0.2) is 19.5 Å². The molecule has 3 aromatic rings. The van der Waals surface area contributed by atoms with Crippen molar-refractivity contribution < 1.29 is 23.1 Å². The van der Waals surface area contributed by atoms with Crippen LogP contribution < -0.4 is 9.46 Å². The average molecular weight is 446 g/mol. The van der Waals surface area contributed by atoms with Gasteiger partial charge in [0, 0.05) is 4.88 Å². The summed E-state index contributed by atoms with van der Waals surface area (Å²) in [6, 6.07) is 15.3. The van der Waals surface area contributed by atoms with E-state index in [2.05, 4.69) is 4.72 Å². The molecule has 2 N–H and O–H groups in total. The summed E-state index contributed by atoms with van der Waals surface area (Å²) in [6.45, 7) is 5.91. The van der Waals surface area contributed by atoms with Gasteiger partial charge in [0.05, 0.1) is 10.6 Å². The van der Waals surface area contributed by atoms with Crippen LogP contribution in [0.2, 0.25) is 0 Å². The van der Waals surface area contributed by atoms with Crippen molar-refractivity contribution in [3.63, 3.8) is 0 Å². The Bertz CT molecular complexity index is 1170. The molecule has 1 heterocycles. The molecule has 158 valence electrons. The molecule has 0 bridgehead atoms. The topological polar surface area (TPSA) is 92.7 Å². The Morgan fingerprint density at radius 1 is 1.13 bits per heavy atom. The van der Waals surface area contributed by atoms with Crippen molar-refractivity contribution in [1.29, 1.82) is 0 Å². The van der Waals surface area contributed by atoms with Gasteiger partial charge in [-0.25, -0.2) is 13.2 Å². The molecule has 1 aromatic heterocycles. The lowest BCUT2D eigenvalue weighted by Crippen LogP contribution is -2.16. The zero-order valence-corrected chi connectivity index (χ0v) is 18.5. The summed E-state index contributed by atoms with van der Waals surface area (Å²) < 4.78 is 34.7. The molecule has 8 heteroatoms. The molecule has 6 nitrogen and oxygen atoms in total. The fraction of sp³-hybridized carbons (Fsp3) is 0.227. The Balaban J connectivity index is 1.87. The molecule has 0 atom stereocenters. The molecule has 0 saturated carbocycles. The first-order valence-corrected chi connectivity index (χ1v) is 11.6. The van der Waals surface area contributed by atoms with Gasteiger partial charge < -0.3 is 9.84 Å². The van der Waals surface area contributed by atoms with Crippen molar-refractivity contribution >= 4 is 33.0 Å². The quantitative estimate of drug-likeness (QED) is 0.493. The number of carboxylic acid groups (broad SMARTS) is 1. The van der Waals surface area contributed by atoms with Crippen LogP contribution in [0.4, 0.5) is 5.69 Å². The van der Waals surface area contributed by atoms with Gasteiger partial charge in [-0.1, -0.05) is 38.1 Å². The molecule has 0 aliphatic carbocycles. The average Bonchev–Trinajstić information content (AvgIpc) is 3.17. The first-order chi connectivity index (χ1) is 14.2. The van der Waals surface area contributed by atoms with Crippen molar-refractivity contribution in [2.45, 2.75) is 38.2 Å². The van der Waals surface area contributed by atoms with Crippen molar-refractivity contribution in [2.75, 3.05) is 4.72 Å². The van der Waals surface area contributed by atoms with E-state index in [1.54, 1.807) is 36.4 Å². The number of thiophene rings is 1. The standard InChI is InChI=1S/C22H23NO5S2/c1-14(2)17-6-4-5-7-21(17)30(26,27)23-18-10-8-15(3)12-19(18)28-13-16-9-11-20(29-16)22(24)25/h4-12,14,23H,13H2,1-3H3,(H,24,25). The van der Waals surface area contributed by atoms with E-state index in [0.717, 1.165) is 27.3 Å². The van der Waals surface area contributed by atoms with Gasteiger partial charge in [0.25, 0.3) is 10.0 Å². The maximum absolute atomic E-state index is 13.1. The van der Waals surface area contributed by atoms with Crippen LogP contribution in [0, 0.1) is 6.92 Å². The summed E-state index contributed by atoms with van der Waals surface area (Å²) in [7, 11) is -3.82. The van der Waals surface area contributed by atoms with E-state index in [-0.39, 0.29) is 22.3 Å². The number of ether oxygens (including phenoxy) is 1. The number of aromatic carboxylic acids is 1. The minimum Gasteiger partial charge on any atom is -0.486 e. The Labute approximate surface area is 180 Å². The van der Waals surface area contributed by atoms with Crippen LogP contribution >= 0.6 is 11.3 Å². The third-order valence-electron chi connectivity index (χ3n) is 4.45. The summed E-state index contributed by atoms with van der Waals surface area (Å²) in [6.07, 6.45) is 0. The first-order valence-electron chi connectivity index (χ1n) is 9.34. The number of benzene rings is 2. The van der Waals surface area contributed by atoms with Gasteiger partial charge in [-0.2, -0.15) is 0 Å². The Hall–Kier alpha value is -2.84. The van der Waals surface area contributed by atoms with E-state index >= 15 is 0 Å². The molecule has 0 amide bonds. The molecule has 0 saturated heterocycles. The van der Waals surface area contributed by atoms with Crippen LogP contribution in [-0.2, 0) is 16.6 Å². The number of rotatable bonds is 8. The van der Waals surface area contributed by atoms with Crippen molar-refractivity contribution in [1.82, 2.24) is 0 Å². The summed E-state index contributed by atoms with van der Waals surface area (Å²) in [4.78, 5) is 12.2. The number of anilines is 1. The Kier molecular flexibility index (Phi) is 6.48. The molecule has 30 heavy (non-hydrogen) atoms. The summed E-state index contributed by atoms with van der Waals surface area (Å²) in [5.74, 6) is -0.557. The molecule has 2 aromatic carbocycles. The van der Waals surface area contributed by atoms with E-state index in [9.17, 15) is 13.2 Å². The summed E-state index contributed by atoms with van der Waals surface area (Å²) in [5, 5.41) is 9.05. The summed E-state index contributed by atoms with van der Waals surface area (Å²) >= 11 is 1.12. The molecule has 0 fully saturated rings. The number of hydrogen-bond acceptors (Lipinski definition) is 5. The van der Waals surface area contributed by atoms with Crippen LogP contribution in [0.5, 0.6) is 5.75 Å². The lowest BCUT2D eigenvalue weighted by molar-refractivity contribution is 0.0702. The van der Waals surface area contributed by atoms with E-state index < -0.39 is 16.0 Å². The number of aryl methyl sites for hydroxylation is 1. The number of sulfonamides is 1. The van der Waals surface area contributed by atoms with Crippen molar-refractivity contribution in [2.24, 2.45) is 0 Å². The number of nitrogens with one attached hydrogen (secondary N) is 1. The van der Waals surface area contributed by atoms with Gasteiger partial charge in [0.2, 0.25) is 0 Å². The lowest BCUT2D eigenvalue weighted by atomic mass is 10.0. The second-order valence-electron chi connectivity index (χ2n) is 7.16. The largest absolute Gasteiger partial charge is 0.486 e. The fourth-order valence-electron chi connectivity index (χ4n) is 2.95. The lowest BCUT2D eigenvalue weighted by Gasteiger charge is -2.17. The van der Waals surface area contributed by atoms with Gasteiger partial charge in [-0.3, -0.25) is 4.72 Å². The minimum atomic E-state index is -3.82. The first kappa shape index (κ1) is 21.9. The van der Waals surface area contributed by atoms with Crippen LogP contribution in [0.25, 0.3) is 0 Å². The van der Waals surface area contributed by atoms with Gasteiger partial charge in [0.1, 0.15) is 17.2 Å². The van der Waals surface area contributed by atoms with E-state index in [0.29, 0.717) is 11.4 Å². The van der Waals surface area contributed by atoms with E-state index in [1.165, 1.54) is 6.07 Å². The molecule has 0 radical (unpaired) electrons. The normalized spacial score (nSPS) is 11.5. The molecular formula is C22H23NO5S2. The minimum absolute atomic E-state index is 0.0498. The maximum atomic E-state index is 13.1. The SMILES string of the molecule is Cc1ccc(NS(=O)(=O)c2ccccc2C(C)C)c(OCc2ccc(C(=O)O)s2)c1. The highest BCUT2D eigenvalue weighted by Crippen LogP contribution is 2.31. The van der Waals surface area contributed by atoms with Gasteiger partial charge >= 0.3 is 5.97 Å². The third kappa shape index (κ3) is 5.01. The smallest absolute Gasteiger partial charge is 0.345 e. The molecule has 0 spiro atoms. The van der Waals surface area contributed by atoms with Gasteiger partial charge in [-0.15, -0.1) is 11.3 Å². The molecule has 0 unspecified atom stereocenters. The fourth-order valence-corrected chi connectivity index (χ4v) is 5.15. The Morgan fingerprint density at radius 3 is 2.53 bits per heavy atom. The van der Waals surface area contributed by atoms with Crippen molar-refractivity contribution in [3.8, 4) is 5.75 Å². The molecule has 3 rings (SSSR count). The predicted octanol–water partition coefficient (Wildman–Crippen LogP) is 5.26. The number of carbonyl (C=O) groups is 1. The molecule has 0 aliphatic heterocycles. The molecule has 0 aliphatic rings. The zero-order valence-electron chi connectivity index (χ0n) is 16.9.